The molecule has 1 aliphatic carbocycles. The van der Waals surface area contributed by atoms with Gasteiger partial charge in [-0.05, 0) is 38.6 Å². The lowest BCUT2D eigenvalue weighted by Gasteiger charge is -2.42. The van der Waals surface area contributed by atoms with Crippen LogP contribution in [0.15, 0.2) is 0 Å². The van der Waals surface area contributed by atoms with Crippen molar-refractivity contribution < 1.29 is 0 Å². The molecule has 0 spiro atoms. The van der Waals surface area contributed by atoms with Crippen LogP contribution in [-0.2, 0) is 0 Å². The van der Waals surface area contributed by atoms with Gasteiger partial charge in [-0.2, -0.15) is 0 Å². The SMILES string of the molecule is CCCCCCCCCCN1CCNC(C)(C2CC2)C1. The highest BCUT2D eigenvalue weighted by molar-refractivity contribution is 5.01. The van der Waals surface area contributed by atoms with E-state index < -0.39 is 0 Å². The summed E-state index contributed by atoms with van der Waals surface area (Å²) >= 11 is 0. The third kappa shape index (κ3) is 5.37. The number of nitrogens with zero attached hydrogens (tertiary/aromatic N) is 1. The second-order valence-electron chi connectivity index (χ2n) is 7.37. The Labute approximate surface area is 126 Å². The van der Waals surface area contributed by atoms with Gasteiger partial charge in [0.2, 0.25) is 0 Å². The maximum absolute atomic E-state index is 3.78. The zero-order chi connectivity index (χ0) is 14.3. The molecule has 2 aliphatic rings. The third-order valence-corrected chi connectivity index (χ3v) is 5.32. The van der Waals surface area contributed by atoms with E-state index in [1.807, 2.05) is 0 Å². The molecule has 2 fully saturated rings. The van der Waals surface area contributed by atoms with Crippen LogP contribution in [0.5, 0.6) is 0 Å². The predicted octanol–water partition coefficient (Wildman–Crippen LogP) is 4.20. The molecule has 20 heavy (non-hydrogen) atoms. The molecule has 1 atom stereocenters. The molecule has 1 N–H and O–H groups in total. The first-order valence-electron chi connectivity index (χ1n) is 9.22. The molecule has 1 unspecified atom stereocenters. The second-order valence-corrected chi connectivity index (χ2v) is 7.37. The minimum absolute atomic E-state index is 0.429. The lowest BCUT2D eigenvalue weighted by atomic mass is 9.93. The van der Waals surface area contributed by atoms with Crippen LogP contribution in [0.2, 0.25) is 0 Å². The maximum atomic E-state index is 3.78. The Hall–Kier alpha value is -0.0800. The van der Waals surface area contributed by atoms with E-state index in [2.05, 4.69) is 24.1 Å². The molecular weight excluding hydrogens is 244 g/mol. The van der Waals surface area contributed by atoms with E-state index in [1.54, 1.807) is 0 Å². The van der Waals surface area contributed by atoms with Crippen molar-refractivity contribution in [2.75, 3.05) is 26.2 Å². The summed E-state index contributed by atoms with van der Waals surface area (Å²) in [5, 5.41) is 3.78. The molecule has 2 heteroatoms. The molecule has 0 aromatic rings. The van der Waals surface area contributed by atoms with Gasteiger partial charge in [-0.3, -0.25) is 0 Å². The quantitative estimate of drug-likeness (QED) is 0.603. The molecule has 1 heterocycles. The number of rotatable bonds is 10. The fourth-order valence-corrected chi connectivity index (χ4v) is 3.75. The van der Waals surface area contributed by atoms with Crippen molar-refractivity contribution in [1.29, 1.82) is 0 Å². The molecule has 0 bridgehead atoms. The normalized spacial score (nSPS) is 27.9. The van der Waals surface area contributed by atoms with Gasteiger partial charge in [-0.1, -0.05) is 51.9 Å². The number of hydrogen-bond donors (Lipinski definition) is 1. The fraction of sp³-hybridized carbons (Fsp3) is 1.00. The van der Waals surface area contributed by atoms with Gasteiger partial charge in [0.25, 0.3) is 0 Å². The lowest BCUT2D eigenvalue weighted by Crippen LogP contribution is -2.60. The van der Waals surface area contributed by atoms with Crippen LogP contribution in [0.4, 0.5) is 0 Å². The van der Waals surface area contributed by atoms with E-state index in [1.165, 1.54) is 90.4 Å². The Balaban J connectivity index is 1.49. The second kappa shape index (κ2) is 8.38. The van der Waals surface area contributed by atoms with Crippen molar-refractivity contribution >= 4 is 0 Å². The molecule has 2 nitrogen and oxygen atoms in total. The highest BCUT2D eigenvalue weighted by atomic mass is 15.2. The fourth-order valence-electron chi connectivity index (χ4n) is 3.75. The summed E-state index contributed by atoms with van der Waals surface area (Å²) in [6, 6.07) is 0. The van der Waals surface area contributed by atoms with Gasteiger partial charge in [0, 0.05) is 25.2 Å². The zero-order valence-electron chi connectivity index (χ0n) is 13.9. The van der Waals surface area contributed by atoms with Gasteiger partial charge >= 0.3 is 0 Å². The van der Waals surface area contributed by atoms with Gasteiger partial charge in [-0.15, -0.1) is 0 Å². The predicted molar refractivity (Wildman–Crippen MR) is 88.2 cm³/mol. The summed E-state index contributed by atoms with van der Waals surface area (Å²) in [6.07, 6.45) is 14.4. The average Bonchev–Trinajstić information content (AvgIpc) is 3.27. The van der Waals surface area contributed by atoms with Crippen molar-refractivity contribution in [3.63, 3.8) is 0 Å². The van der Waals surface area contributed by atoms with E-state index >= 15 is 0 Å². The van der Waals surface area contributed by atoms with Gasteiger partial charge in [0.15, 0.2) is 0 Å². The van der Waals surface area contributed by atoms with Crippen LogP contribution >= 0.6 is 0 Å². The van der Waals surface area contributed by atoms with Crippen LogP contribution in [-0.4, -0.2) is 36.6 Å². The summed E-state index contributed by atoms with van der Waals surface area (Å²) in [6.45, 7) is 9.82. The van der Waals surface area contributed by atoms with E-state index in [0.717, 1.165) is 5.92 Å². The highest BCUT2D eigenvalue weighted by Crippen LogP contribution is 2.40. The molecule has 0 radical (unpaired) electrons. The van der Waals surface area contributed by atoms with E-state index in [-0.39, 0.29) is 0 Å². The Morgan fingerprint density at radius 3 is 2.30 bits per heavy atom. The van der Waals surface area contributed by atoms with Gasteiger partial charge < -0.3 is 10.2 Å². The summed E-state index contributed by atoms with van der Waals surface area (Å²) in [5.74, 6) is 0.962. The Morgan fingerprint density at radius 1 is 1.00 bits per heavy atom. The topological polar surface area (TPSA) is 15.3 Å². The van der Waals surface area contributed by atoms with Gasteiger partial charge in [0.1, 0.15) is 0 Å². The smallest absolute Gasteiger partial charge is 0.0309 e. The Morgan fingerprint density at radius 2 is 1.65 bits per heavy atom. The van der Waals surface area contributed by atoms with Crippen LogP contribution in [0, 0.1) is 5.92 Å². The van der Waals surface area contributed by atoms with Gasteiger partial charge in [0.05, 0.1) is 0 Å². The van der Waals surface area contributed by atoms with Crippen molar-refractivity contribution in [3.8, 4) is 0 Å². The van der Waals surface area contributed by atoms with Crippen molar-refractivity contribution in [1.82, 2.24) is 10.2 Å². The van der Waals surface area contributed by atoms with Crippen molar-refractivity contribution in [2.24, 2.45) is 5.92 Å². The Bertz CT molecular complexity index is 262. The highest BCUT2D eigenvalue weighted by Gasteiger charge is 2.43. The molecule has 2 rings (SSSR count). The van der Waals surface area contributed by atoms with E-state index in [4.69, 9.17) is 0 Å². The number of hydrogen-bond acceptors (Lipinski definition) is 2. The van der Waals surface area contributed by atoms with Crippen LogP contribution < -0.4 is 5.32 Å². The summed E-state index contributed by atoms with van der Waals surface area (Å²) in [5.41, 5.74) is 0.429. The zero-order valence-corrected chi connectivity index (χ0v) is 13.9. The summed E-state index contributed by atoms with van der Waals surface area (Å²) in [7, 11) is 0. The summed E-state index contributed by atoms with van der Waals surface area (Å²) < 4.78 is 0. The molecule has 0 aromatic heterocycles. The third-order valence-electron chi connectivity index (χ3n) is 5.32. The van der Waals surface area contributed by atoms with Crippen LogP contribution in [0.3, 0.4) is 0 Å². The lowest BCUT2D eigenvalue weighted by molar-refractivity contribution is 0.125. The Kier molecular flexibility index (Phi) is 6.83. The maximum Gasteiger partial charge on any atom is 0.0309 e. The molecule has 1 aliphatic heterocycles. The van der Waals surface area contributed by atoms with Gasteiger partial charge in [-0.25, -0.2) is 0 Å². The first kappa shape index (κ1) is 16.3. The summed E-state index contributed by atoms with van der Waals surface area (Å²) in [4.78, 5) is 2.71. The van der Waals surface area contributed by atoms with Crippen molar-refractivity contribution in [3.05, 3.63) is 0 Å². The monoisotopic (exact) mass is 280 g/mol. The molecule has 1 saturated heterocycles. The standard InChI is InChI=1S/C18H36N2/c1-3-4-5-6-7-8-9-10-14-20-15-13-19-18(2,16-20)17-11-12-17/h17,19H,3-16H2,1-2H3. The number of unbranched alkanes of at least 4 members (excludes halogenated alkanes) is 7. The first-order valence-corrected chi connectivity index (χ1v) is 9.22. The number of nitrogens with one attached hydrogen (secondary N) is 1. The molecule has 0 amide bonds. The molecule has 1 saturated carbocycles. The van der Waals surface area contributed by atoms with Crippen LogP contribution in [0.1, 0.15) is 78.1 Å². The van der Waals surface area contributed by atoms with E-state index in [0.29, 0.717) is 5.54 Å². The molecule has 118 valence electrons. The minimum atomic E-state index is 0.429. The molecule has 0 aromatic carbocycles. The minimum Gasteiger partial charge on any atom is -0.309 e. The van der Waals surface area contributed by atoms with E-state index in [9.17, 15) is 0 Å². The average molecular weight is 281 g/mol. The van der Waals surface area contributed by atoms with Crippen LogP contribution in [0.25, 0.3) is 0 Å². The first-order chi connectivity index (χ1) is 9.74. The van der Waals surface area contributed by atoms with Crippen molar-refractivity contribution in [2.45, 2.75) is 83.6 Å². The number of piperazine rings is 1. The largest absolute Gasteiger partial charge is 0.309 e. The molecular formula is C18H36N2.